The highest BCUT2D eigenvalue weighted by Gasteiger charge is 2.32. The van der Waals surface area contributed by atoms with Crippen LogP contribution in [0.5, 0.6) is 0 Å². The van der Waals surface area contributed by atoms with Crippen molar-refractivity contribution in [2.24, 2.45) is 0 Å². The highest BCUT2D eigenvalue weighted by atomic mass is 35.5. The molecule has 3 aromatic carbocycles. The van der Waals surface area contributed by atoms with E-state index in [0.29, 0.717) is 17.0 Å². The third-order valence-electron chi connectivity index (χ3n) is 6.44. The second-order valence-electron chi connectivity index (χ2n) is 9.44. The van der Waals surface area contributed by atoms with Gasteiger partial charge >= 0.3 is 0 Å². The molecule has 0 saturated carbocycles. The third kappa shape index (κ3) is 7.80. The molecule has 208 valence electrons. The minimum Gasteiger partial charge on any atom is -0.352 e. The molecular weight excluding hydrogens is 541 g/mol. The number of nitrogens with one attached hydrogen (secondary N) is 1. The first kappa shape index (κ1) is 30.1. The van der Waals surface area contributed by atoms with Gasteiger partial charge in [0.2, 0.25) is 11.8 Å². The van der Waals surface area contributed by atoms with Gasteiger partial charge in [-0.1, -0.05) is 48.4 Å². The third-order valence-corrected chi connectivity index (χ3v) is 8.48. The number of carbonyl (C=O) groups is 2. The topological polar surface area (TPSA) is 86.8 Å². The van der Waals surface area contributed by atoms with Crippen LogP contribution in [-0.4, -0.2) is 43.8 Å². The molecule has 1 N–H and O–H groups in total. The number of nitrogens with zero attached hydrogens (tertiary/aromatic N) is 2. The smallest absolute Gasteiger partial charge is 0.264 e. The van der Waals surface area contributed by atoms with E-state index in [2.05, 4.69) is 5.32 Å². The number of carbonyl (C=O) groups excluding carboxylic acids is 2. The Hall–Kier alpha value is -3.43. The van der Waals surface area contributed by atoms with Gasteiger partial charge in [0.1, 0.15) is 18.4 Å². The molecule has 3 aromatic rings. The summed E-state index contributed by atoms with van der Waals surface area (Å²) in [6, 6.07) is 17.0. The minimum atomic E-state index is -4.17. The Labute approximate surface area is 234 Å². The maximum Gasteiger partial charge on any atom is 0.264 e. The van der Waals surface area contributed by atoms with Crippen molar-refractivity contribution in [3.8, 4) is 0 Å². The van der Waals surface area contributed by atoms with Gasteiger partial charge in [-0.2, -0.15) is 0 Å². The molecule has 0 fully saturated rings. The average molecular weight is 574 g/mol. The van der Waals surface area contributed by atoms with Gasteiger partial charge in [0.15, 0.2) is 0 Å². The molecule has 0 aliphatic carbocycles. The van der Waals surface area contributed by atoms with Crippen LogP contribution in [0.3, 0.4) is 0 Å². The van der Waals surface area contributed by atoms with Gasteiger partial charge in [0, 0.05) is 17.6 Å². The van der Waals surface area contributed by atoms with Gasteiger partial charge in [0.05, 0.1) is 10.6 Å². The summed E-state index contributed by atoms with van der Waals surface area (Å²) in [5, 5.41) is 3.28. The van der Waals surface area contributed by atoms with E-state index in [1.807, 2.05) is 20.8 Å². The molecule has 0 radical (unpaired) electrons. The number of amides is 2. The van der Waals surface area contributed by atoms with Gasteiger partial charge in [-0.15, -0.1) is 0 Å². The van der Waals surface area contributed by atoms with Crippen molar-refractivity contribution in [3.05, 3.63) is 94.8 Å². The molecule has 2 atom stereocenters. The van der Waals surface area contributed by atoms with Crippen LogP contribution >= 0.6 is 11.6 Å². The maximum absolute atomic E-state index is 13.8. The van der Waals surface area contributed by atoms with Gasteiger partial charge in [0.25, 0.3) is 10.0 Å². The van der Waals surface area contributed by atoms with E-state index in [4.69, 9.17) is 11.6 Å². The first-order valence-electron chi connectivity index (χ1n) is 12.6. The van der Waals surface area contributed by atoms with E-state index in [1.165, 1.54) is 65.6 Å². The van der Waals surface area contributed by atoms with Crippen molar-refractivity contribution in [2.45, 2.75) is 57.6 Å². The molecule has 0 bridgehead atoms. The zero-order valence-electron chi connectivity index (χ0n) is 22.4. The molecule has 0 spiro atoms. The number of anilines is 1. The Bertz CT molecular complexity index is 1380. The largest absolute Gasteiger partial charge is 0.352 e. The van der Waals surface area contributed by atoms with Gasteiger partial charge in [-0.05, 0) is 81.3 Å². The monoisotopic (exact) mass is 573 g/mol. The van der Waals surface area contributed by atoms with E-state index >= 15 is 0 Å². The highest BCUT2D eigenvalue weighted by molar-refractivity contribution is 7.92. The highest BCUT2D eigenvalue weighted by Crippen LogP contribution is 2.26. The summed E-state index contributed by atoms with van der Waals surface area (Å²) >= 11 is 6.04. The second kappa shape index (κ2) is 13.1. The Kier molecular flexibility index (Phi) is 10.1. The molecule has 0 unspecified atom stereocenters. The fourth-order valence-electron chi connectivity index (χ4n) is 3.81. The van der Waals surface area contributed by atoms with Crippen LogP contribution in [0.25, 0.3) is 0 Å². The van der Waals surface area contributed by atoms with Crippen LogP contribution in [0, 0.1) is 12.7 Å². The minimum absolute atomic E-state index is 0.0171. The number of rotatable bonds is 11. The second-order valence-corrected chi connectivity index (χ2v) is 11.7. The van der Waals surface area contributed by atoms with Crippen LogP contribution < -0.4 is 9.62 Å². The lowest BCUT2D eigenvalue weighted by Gasteiger charge is -2.32. The predicted molar refractivity (Wildman–Crippen MR) is 151 cm³/mol. The first-order chi connectivity index (χ1) is 18.4. The first-order valence-corrected chi connectivity index (χ1v) is 14.4. The van der Waals surface area contributed by atoms with E-state index in [9.17, 15) is 22.4 Å². The van der Waals surface area contributed by atoms with Crippen LogP contribution in [-0.2, 0) is 26.2 Å². The van der Waals surface area contributed by atoms with E-state index in [1.54, 1.807) is 19.1 Å². The standard InChI is InChI=1S/C29H33ClFN3O4S/c1-5-21(3)32-29(36)22(4)33(18-23-8-12-25(31)13-9-23)28(35)19-34(26-14-10-24(30)11-15-26)39(37,38)27-16-6-20(2)7-17-27/h6-17,21-22H,5,18-19H2,1-4H3,(H,32,36)/t21-,22+/m1/s1. The predicted octanol–water partition coefficient (Wildman–Crippen LogP) is 5.31. The molecule has 7 nitrogen and oxygen atoms in total. The Balaban J connectivity index is 2.01. The molecule has 0 aromatic heterocycles. The summed E-state index contributed by atoms with van der Waals surface area (Å²) in [4.78, 5) is 28.2. The van der Waals surface area contributed by atoms with Crippen LogP contribution in [0.15, 0.2) is 77.7 Å². The summed E-state index contributed by atoms with van der Waals surface area (Å²) in [7, 11) is -4.17. The van der Waals surface area contributed by atoms with Crippen molar-refractivity contribution < 1.29 is 22.4 Å². The quantitative estimate of drug-likeness (QED) is 0.337. The Morgan fingerprint density at radius 3 is 2.10 bits per heavy atom. The summed E-state index contributed by atoms with van der Waals surface area (Å²) in [5.74, 6) is -1.41. The number of hydrogen-bond acceptors (Lipinski definition) is 4. The number of hydrogen-bond donors (Lipinski definition) is 1. The van der Waals surface area contributed by atoms with Crippen LogP contribution in [0.1, 0.15) is 38.3 Å². The Morgan fingerprint density at radius 1 is 0.949 bits per heavy atom. The summed E-state index contributed by atoms with van der Waals surface area (Å²) in [6.45, 7) is 6.62. The maximum atomic E-state index is 13.8. The SMILES string of the molecule is CC[C@@H](C)NC(=O)[C@H](C)N(Cc1ccc(F)cc1)C(=O)CN(c1ccc(Cl)cc1)S(=O)(=O)c1ccc(C)cc1. The number of aryl methyl sites for hydroxylation is 1. The molecule has 0 aliphatic heterocycles. The lowest BCUT2D eigenvalue weighted by Crippen LogP contribution is -2.52. The number of halogens is 2. The van der Waals surface area contributed by atoms with Crippen LogP contribution in [0.4, 0.5) is 10.1 Å². The fraction of sp³-hybridized carbons (Fsp3) is 0.310. The number of sulfonamides is 1. The van der Waals surface area contributed by atoms with Crippen molar-refractivity contribution in [2.75, 3.05) is 10.8 Å². The fourth-order valence-corrected chi connectivity index (χ4v) is 5.35. The van der Waals surface area contributed by atoms with Gasteiger partial charge < -0.3 is 10.2 Å². The molecule has 0 saturated heterocycles. The van der Waals surface area contributed by atoms with Crippen molar-refractivity contribution in [3.63, 3.8) is 0 Å². The van der Waals surface area contributed by atoms with Crippen molar-refractivity contribution in [1.29, 1.82) is 0 Å². The van der Waals surface area contributed by atoms with E-state index in [0.717, 1.165) is 9.87 Å². The summed E-state index contributed by atoms with van der Waals surface area (Å²) in [6.07, 6.45) is 0.698. The van der Waals surface area contributed by atoms with Crippen LogP contribution in [0.2, 0.25) is 5.02 Å². The molecule has 10 heteroatoms. The molecular formula is C29H33ClFN3O4S. The molecule has 2 amide bonds. The molecule has 0 aliphatic rings. The van der Waals surface area contributed by atoms with E-state index < -0.39 is 34.3 Å². The van der Waals surface area contributed by atoms with Crippen molar-refractivity contribution >= 4 is 39.1 Å². The summed E-state index contributed by atoms with van der Waals surface area (Å²) < 4.78 is 42.1. The molecule has 39 heavy (non-hydrogen) atoms. The zero-order valence-corrected chi connectivity index (χ0v) is 24.0. The van der Waals surface area contributed by atoms with Gasteiger partial charge in [-0.25, -0.2) is 12.8 Å². The summed E-state index contributed by atoms with van der Waals surface area (Å²) in [5.41, 5.74) is 1.72. The lowest BCUT2D eigenvalue weighted by molar-refractivity contribution is -0.139. The normalized spacial score (nSPS) is 12.9. The number of benzene rings is 3. The Morgan fingerprint density at radius 2 is 1.54 bits per heavy atom. The lowest BCUT2D eigenvalue weighted by atomic mass is 10.1. The van der Waals surface area contributed by atoms with Crippen molar-refractivity contribution in [1.82, 2.24) is 10.2 Å². The van der Waals surface area contributed by atoms with E-state index in [-0.39, 0.29) is 29.1 Å². The molecule has 3 rings (SSSR count). The average Bonchev–Trinajstić information content (AvgIpc) is 2.91. The van der Waals surface area contributed by atoms with Gasteiger partial charge in [-0.3, -0.25) is 13.9 Å². The zero-order chi connectivity index (χ0) is 28.7. The molecule has 0 heterocycles.